The summed E-state index contributed by atoms with van der Waals surface area (Å²) in [5, 5.41) is -0.931. The van der Waals surface area contributed by atoms with Crippen molar-refractivity contribution < 1.29 is 14.3 Å². The number of ketones is 1. The van der Waals surface area contributed by atoms with Crippen LogP contribution in [0.4, 0.5) is 0 Å². The van der Waals surface area contributed by atoms with Gasteiger partial charge in [-0.25, -0.2) is 4.98 Å². The highest BCUT2D eigenvalue weighted by atomic mass is 35.5. The number of hydrogen-bond donors (Lipinski definition) is 0. The van der Waals surface area contributed by atoms with Gasteiger partial charge in [-0.15, -0.1) is 11.6 Å². The average Bonchev–Trinajstić information content (AvgIpc) is 3.01. The molecule has 2 heterocycles. The second kappa shape index (κ2) is 3.81. The third-order valence-electron chi connectivity index (χ3n) is 2.80. The maximum absolute atomic E-state index is 11.9. The van der Waals surface area contributed by atoms with E-state index >= 15 is 0 Å². The fourth-order valence-electron chi connectivity index (χ4n) is 2.07. The van der Waals surface area contributed by atoms with Crippen LogP contribution in [0.3, 0.4) is 0 Å². The molecule has 17 heavy (non-hydrogen) atoms. The maximum atomic E-state index is 11.9. The zero-order chi connectivity index (χ0) is 12.0. The number of imidazole rings is 1. The Bertz CT molecular complexity index is 492. The smallest absolute Gasteiger partial charge is 0.237 e. The Morgan fingerprint density at radius 3 is 2.76 bits per heavy atom. The predicted molar refractivity (Wildman–Crippen MR) is 60.6 cm³/mol. The topological polar surface area (TPSA) is 53.4 Å². The van der Waals surface area contributed by atoms with Gasteiger partial charge < -0.3 is 14.0 Å². The molecule has 0 saturated carbocycles. The molecule has 1 saturated heterocycles. The summed E-state index contributed by atoms with van der Waals surface area (Å²) in [6.07, 6.45) is 4.76. The molecule has 3 rings (SSSR count). The molecule has 0 bridgehead atoms. The zero-order valence-corrected chi connectivity index (χ0v) is 10.1. The molecule has 1 spiro atoms. The van der Waals surface area contributed by atoms with Crippen LogP contribution >= 0.6 is 23.2 Å². The molecular formula is C10H8Cl2N2O3. The minimum atomic E-state index is -1.28. The van der Waals surface area contributed by atoms with Crippen molar-refractivity contribution in [3.05, 3.63) is 23.8 Å². The second-order valence-electron chi connectivity index (χ2n) is 3.72. The average molecular weight is 275 g/mol. The lowest BCUT2D eigenvalue weighted by atomic mass is 10.2. The SMILES string of the molecule is O=C1C(Cl)=C(n2ccnc2)C2(OCCO2)[C@H]1Cl. The van der Waals surface area contributed by atoms with E-state index in [4.69, 9.17) is 32.7 Å². The summed E-state index contributed by atoms with van der Waals surface area (Å²) >= 11 is 12.1. The van der Waals surface area contributed by atoms with Gasteiger partial charge in [0, 0.05) is 12.4 Å². The molecule has 0 unspecified atom stereocenters. The summed E-state index contributed by atoms with van der Waals surface area (Å²) in [5.41, 5.74) is 0.402. The normalized spacial score (nSPS) is 27.4. The van der Waals surface area contributed by atoms with E-state index in [9.17, 15) is 4.79 Å². The molecule has 1 fully saturated rings. The van der Waals surface area contributed by atoms with Gasteiger partial charge in [0.15, 0.2) is 11.2 Å². The quantitative estimate of drug-likeness (QED) is 0.723. The number of carbonyl (C=O) groups is 1. The fourth-order valence-corrected chi connectivity index (χ4v) is 2.80. The van der Waals surface area contributed by atoms with Crippen LogP contribution in [0.2, 0.25) is 0 Å². The Morgan fingerprint density at radius 1 is 1.47 bits per heavy atom. The van der Waals surface area contributed by atoms with Crippen molar-refractivity contribution in [3.63, 3.8) is 0 Å². The van der Waals surface area contributed by atoms with E-state index in [2.05, 4.69) is 4.98 Å². The maximum Gasteiger partial charge on any atom is 0.237 e. The number of Topliss-reactive ketones (excluding diaryl/α,β-unsaturated/α-hetero) is 1. The summed E-state index contributed by atoms with van der Waals surface area (Å²) < 4.78 is 12.6. The molecule has 1 aromatic rings. The third kappa shape index (κ3) is 1.40. The highest BCUT2D eigenvalue weighted by Crippen LogP contribution is 2.46. The Balaban J connectivity index is 2.17. The molecule has 2 aliphatic rings. The molecule has 0 radical (unpaired) electrons. The van der Waals surface area contributed by atoms with E-state index in [-0.39, 0.29) is 10.8 Å². The minimum Gasteiger partial charge on any atom is -0.341 e. The van der Waals surface area contributed by atoms with Gasteiger partial charge in [-0.2, -0.15) is 0 Å². The first-order chi connectivity index (χ1) is 8.17. The van der Waals surface area contributed by atoms with E-state index in [1.165, 1.54) is 6.33 Å². The van der Waals surface area contributed by atoms with Crippen molar-refractivity contribution in [1.29, 1.82) is 0 Å². The van der Waals surface area contributed by atoms with Gasteiger partial charge in [0.2, 0.25) is 5.79 Å². The van der Waals surface area contributed by atoms with E-state index in [1.54, 1.807) is 17.0 Å². The van der Waals surface area contributed by atoms with Gasteiger partial charge >= 0.3 is 0 Å². The van der Waals surface area contributed by atoms with Gasteiger partial charge in [-0.1, -0.05) is 11.6 Å². The lowest BCUT2D eigenvalue weighted by Crippen LogP contribution is -2.41. The third-order valence-corrected chi connectivity index (χ3v) is 3.65. The van der Waals surface area contributed by atoms with Crippen LogP contribution in [0.15, 0.2) is 23.8 Å². The number of allylic oxidation sites excluding steroid dienone is 1. The van der Waals surface area contributed by atoms with E-state index in [0.717, 1.165) is 0 Å². The first-order valence-corrected chi connectivity index (χ1v) is 5.83. The summed E-state index contributed by atoms with van der Waals surface area (Å²) in [6, 6.07) is 0. The van der Waals surface area contributed by atoms with Crippen molar-refractivity contribution in [1.82, 2.24) is 9.55 Å². The van der Waals surface area contributed by atoms with E-state index < -0.39 is 11.2 Å². The molecule has 5 nitrogen and oxygen atoms in total. The number of carbonyl (C=O) groups excluding carboxylic acids is 1. The van der Waals surface area contributed by atoms with Gasteiger partial charge in [0.05, 0.1) is 19.5 Å². The molecule has 1 aliphatic heterocycles. The lowest BCUT2D eigenvalue weighted by Gasteiger charge is -2.27. The van der Waals surface area contributed by atoms with Crippen LogP contribution in [0.5, 0.6) is 0 Å². The highest BCUT2D eigenvalue weighted by molar-refractivity contribution is 6.53. The molecule has 0 aromatic carbocycles. The molecule has 90 valence electrons. The number of halogens is 2. The molecule has 0 N–H and O–H groups in total. The van der Waals surface area contributed by atoms with Crippen LogP contribution in [0, 0.1) is 0 Å². The van der Waals surface area contributed by atoms with Crippen LogP contribution in [0.25, 0.3) is 5.70 Å². The molecule has 1 atom stereocenters. The van der Waals surface area contributed by atoms with Crippen LogP contribution in [0.1, 0.15) is 0 Å². The molecule has 0 amide bonds. The van der Waals surface area contributed by atoms with Crippen molar-refractivity contribution in [2.75, 3.05) is 13.2 Å². The lowest BCUT2D eigenvalue weighted by molar-refractivity contribution is -0.131. The number of aromatic nitrogens is 2. The number of ether oxygens (including phenoxy) is 2. The number of rotatable bonds is 1. The molecule has 7 heteroatoms. The number of alkyl halides is 1. The van der Waals surface area contributed by atoms with Crippen LogP contribution in [-0.4, -0.2) is 39.7 Å². The Kier molecular flexibility index (Phi) is 2.52. The highest BCUT2D eigenvalue weighted by Gasteiger charge is 2.58. The first-order valence-electron chi connectivity index (χ1n) is 5.01. The largest absolute Gasteiger partial charge is 0.341 e. The summed E-state index contributed by atoms with van der Waals surface area (Å²) in [5.74, 6) is -1.67. The zero-order valence-electron chi connectivity index (χ0n) is 8.60. The Hall–Kier alpha value is -0.880. The summed E-state index contributed by atoms with van der Waals surface area (Å²) in [6.45, 7) is 0.748. The van der Waals surface area contributed by atoms with Crippen molar-refractivity contribution in [2.24, 2.45) is 0 Å². The minimum absolute atomic E-state index is 0.0323. The van der Waals surface area contributed by atoms with Crippen LogP contribution in [-0.2, 0) is 14.3 Å². The van der Waals surface area contributed by atoms with Crippen molar-refractivity contribution >= 4 is 34.7 Å². The Labute approximate surface area is 107 Å². The standard InChI is InChI=1S/C10H8Cl2N2O3/c11-6-7(15)8(12)10(16-3-4-17-10)9(6)14-2-1-13-5-14/h1-2,5,8H,3-4H2/t8-/m0/s1. The first kappa shape index (κ1) is 11.2. The molecule has 1 aromatic heterocycles. The Morgan fingerprint density at radius 2 is 2.18 bits per heavy atom. The summed E-state index contributed by atoms with van der Waals surface area (Å²) in [7, 11) is 0. The van der Waals surface area contributed by atoms with Crippen molar-refractivity contribution in [3.8, 4) is 0 Å². The van der Waals surface area contributed by atoms with Gasteiger partial charge in [-0.05, 0) is 0 Å². The number of nitrogens with zero attached hydrogens (tertiary/aromatic N) is 2. The second-order valence-corrected chi connectivity index (χ2v) is 4.54. The number of hydrogen-bond acceptors (Lipinski definition) is 4. The molecular weight excluding hydrogens is 267 g/mol. The van der Waals surface area contributed by atoms with Gasteiger partial charge in [0.1, 0.15) is 10.7 Å². The predicted octanol–water partition coefficient (Wildman–Crippen LogP) is 1.22. The monoisotopic (exact) mass is 274 g/mol. The fraction of sp³-hybridized carbons (Fsp3) is 0.400. The molecule has 1 aliphatic carbocycles. The van der Waals surface area contributed by atoms with E-state index in [1.807, 2.05) is 0 Å². The summed E-state index contributed by atoms with van der Waals surface area (Å²) in [4.78, 5) is 15.8. The van der Waals surface area contributed by atoms with Crippen molar-refractivity contribution in [2.45, 2.75) is 11.2 Å². The van der Waals surface area contributed by atoms with Crippen LogP contribution < -0.4 is 0 Å². The van der Waals surface area contributed by atoms with E-state index in [0.29, 0.717) is 18.9 Å². The van der Waals surface area contributed by atoms with Gasteiger partial charge in [0.25, 0.3) is 0 Å². The van der Waals surface area contributed by atoms with Gasteiger partial charge in [-0.3, -0.25) is 4.79 Å².